The molecule has 0 fully saturated rings. The van der Waals surface area contributed by atoms with Crippen molar-refractivity contribution in [2.45, 2.75) is 112 Å². The molecule has 3 heteroatoms. The fourth-order valence-corrected chi connectivity index (χ4v) is 18.3. The monoisotopic (exact) mass is 1620 g/mol. The summed E-state index contributed by atoms with van der Waals surface area (Å²) in [6.45, 7) is 30.1. The molecule has 22 rings (SSSR count). The second-order valence-corrected chi connectivity index (χ2v) is 36.7. The highest BCUT2D eigenvalue weighted by Gasteiger charge is 2.45. The molecule has 2 nitrogen and oxygen atoms in total. The van der Waals surface area contributed by atoms with Crippen molar-refractivity contribution in [2.24, 2.45) is 0 Å². The fourth-order valence-electron chi connectivity index (χ4n) is 18.3. The Morgan fingerprint density at radius 3 is 1.18 bits per heavy atom. The molecule has 124 heavy (non-hydrogen) atoms. The van der Waals surface area contributed by atoms with Crippen molar-refractivity contribution >= 4 is 143 Å². The number of hydrogen-bond donors (Lipinski definition) is 0. The second kappa shape index (κ2) is 30.9. The Morgan fingerprint density at radius 1 is 0.242 bits per heavy atom. The van der Waals surface area contributed by atoms with E-state index in [2.05, 4.69) is 355 Å². The van der Waals surface area contributed by atoms with E-state index in [0.717, 1.165) is 0 Å². The number of rotatable bonds is 7. The lowest BCUT2D eigenvalue weighted by molar-refractivity contribution is 0.590. The van der Waals surface area contributed by atoms with Gasteiger partial charge in [-0.1, -0.05) is 410 Å². The highest BCUT2D eigenvalue weighted by Crippen LogP contribution is 2.51. The van der Waals surface area contributed by atoms with E-state index < -0.39 is 198 Å². The third-order valence-electron chi connectivity index (χ3n) is 24.6. The molecule has 600 valence electrons. The first-order valence-corrected chi connectivity index (χ1v) is 42.3. The quantitative estimate of drug-likeness (QED) is 0.116. The fraction of sp³-hybridized carbons (Fsp3) is 0.140. The van der Waals surface area contributed by atoms with Gasteiger partial charge < -0.3 is 9.80 Å². The normalized spacial score (nSPS) is 15.2. The zero-order valence-electron chi connectivity index (χ0n) is 93.7. The summed E-state index contributed by atoms with van der Waals surface area (Å²) in [6, 6.07) is 76.6. The van der Waals surface area contributed by atoms with Gasteiger partial charge in [0.15, 0.2) is 0 Å². The molecular weight excluding hydrogens is 1490 g/mol. The van der Waals surface area contributed by atoms with Crippen molar-refractivity contribution in [3.8, 4) is 55.6 Å². The van der Waals surface area contributed by atoms with Crippen molar-refractivity contribution in [2.75, 3.05) is 9.80 Å². The van der Waals surface area contributed by atoms with Gasteiger partial charge in [-0.3, -0.25) is 0 Å². The van der Waals surface area contributed by atoms with E-state index in [1.54, 1.807) is 0 Å². The molecule has 0 unspecified atom stereocenters. The van der Waals surface area contributed by atoms with Crippen LogP contribution in [0.5, 0.6) is 0 Å². The van der Waals surface area contributed by atoms with Gasteiger partial charge in [0.2, 0.25) is 0 Å². The summed E-state index contributed by atoms with van der Waals surface area (Å²) in [7, 11) is 0. The van der Waals surface area contributed by atoms with E-state index in [0.29, 0.717) is 0 Å². The van der Waals surface area contributed by atoms with Crippen molar-refractivity contribution < 1.29 is 30.2 Å². The van der Waals surface area contributed by atoms with E-state index in [9.17, 15) is 6.85 Å². The van der Waals surface area contributed by atoms with E-state index in [1.165, 1.54) is 155 Å². The summed E-state index contributed by atoms with van der Waals surface area (Å²) in [6.07, 6.45) is 0. The van der Waals surface area contributed by atoms with Crippen LogP contribution in [0, 0.1) is 6.92 Å². The first kappa shape index (κ1) is 57.4. The lowest BCUT2D eigenvalue weighted by Crippen LogP contribution is -2.61. The topological polar surface area (TPSA) is 6.48 Å². The Balaban J connectivity index is 0.000000135. The number of nitrogens with zero attached hydrogens (tertiary/aromatic N) is 2. The third kappa shape index (κ3) is 14.2. The maximum absolute atomic E-state index is 9.32. The minimum Gasteiger partial charge on any atom is -0.311 e. The molecule has 0 spiro atoms. The molecule has 2 aliphatic heterocycles. The molecule has 0 saturated heterocycles. The average molecular weight is 1620 g/mol. The van der Waals surface area contributed by atoms with Crippen molar-refractivity contribution in [1.29, 1.82) is 0 Å². The molecule has 20 aromatic rings. The Morgan fingerprint density at radius 2 is 0.645 bits per heavy atom. The lowest BCUT2D eigenvalue weighted by atomic mass is 9.33. The molecule has 0 N–H and O–H groups in total. The minimum atomic E-state index is -0.915. The van der Waals surface area contributed by atoms with Crippen molar-refractivity contribution in [3.05, 3.63) is 416 Å². The van der Waals surface area contributed by atoms with Gasteiger partial charge in [-0.25, -0.2) is 0 Å². The zero-order valence-corrected chi connectivity index (χ0v) is 71.7. The van der Waals surface area contributed by atoms with Crippen LogP contribution in [0.15, 0.2) is 388 Å². The highest BCUT2D eigenvalue weighted by molar-refractivity contribution is 7.00. The molecule has 2 heterocycles. The van der Waals surface area contributed by atoms with Crippen LogP contribution in [0.2, 0.25) is 0 Å². The van der Waals surface area contributed by atoms with E-state index >= 15 is 0 Å². The molecule has 20 aromatic carbocycles. The van der Waals surface area contributed by atoms with Crippen LogP contribution in [0.4, 0.5) is 34.1 Å². The van der Waals surface area contributed by atoms with Crippen LogP contribution in [0.1, 0.15) is 141 Å². The molecule has 2 aliphatic rings. The van der Waals surface area contributed by atoms with E-state index in [-0.39, 0.29) is 28.4 Å². The van der Waals surface area contributed by atoms with Crippen LogP contribution in [0.3, 0.4) is 0 Å². The van der Waals surface area contributed by atoms with Crippen LogP contribution in [0.25, 0.3) is 142 Å². The standard InChI is InChI=1S/C47H55BN2.C40H26.C34H22/c1-30-26-41-43-42(27-30)50(36-22-16-32(17-23-36)45(5,6)7)40-25-19-34(47(11,12)13)29-38(40)48(43)37-28-33(46(8,9)10)18-24-39(37)49(41)35-20-14-31(15-21-35)44(2,3)4;1-2-12-31-26-32(25-22-27(31)10-1)28-20-23-30(24-21-28)39-35-15-5-7-17-37(35)40(38-18-8-6-16-36(38)39)34-19-9-13-29-11-3-4-14-33(29)34;1-2-12-25-22-26(21-20-23(25)10-1)33-29-15-5-7-17-31(29)34(32-18-8-6-16-30(32)33)28-19-9-13-24-11-3-4-14-27(24)28/h14-29H,1-13H3;1-26H;1-22H/i;;1D,2D,3D,4D,5D,6D,7D,8D,9D,10D,11D,12D,13D,14D,15D,16D,17D,18D,19D,20D,21D,22D. The number of anilines is 6. The molecule has 0 amide bonds. The maximum atomic E-state index is 9.32. The molecule has 0 radical (unpaired) electrons. The van der Waals surface area contributed by atoms with Gasteiger partial charge in [0.05, 0.1) is 30.2 Å². The van der Waals surface area contributed by atoms with Gasteiger partial charge >= 0.3 is 0 Å². The highest BCUT2D eigenvalue weighted by atomic mass is 15.2. The largest absolute Gasteiger partial charge is 0.311 e. The van der Waals surface area contributed by atoms with Gasteiger partial charge in [0.25, 0.3) is 6.71 Å². The summed E-state index contributed by atoms with van der Waals surface area (Å²) in [4.78, 5) is 5.08. The summed E-state index contributed by atoms with van der Waals surface area (Å²) in [5, 5.41) is 5.43. The number of benzene rings is 20. The molecule has 0 saturated carbocycles. The first-order valence-electron chi connectivity index (χ1n) is 53.3. The smallest absolute Gasteiger partial charge is 0.252 e. The molecular formula is C121H103BN2. The van der Waals surface area contributed by atoms with Crippen LogP contribution >= 0.6 is 0 Å². The number of fused-ring (bicyclic) bond motifs is 12. The van der Waals surface area contributed by atoms with E-state index in [1.807, 2.05) is 0 Å². The summed E-state index contributed by atoms with van der Waals surface area (Å²) in [5.74, 6) is 0. The first-order chi connectivity index (χ1) is 69.1. The van der Waals surface area contributed by atoms with Crippen LogP contribution in [-0.4, -0.2) is 6.71 Å². The molecule has 0 atom stereocenters. The molecule has 0 aliphatic carbocycles. The van der Waals surface area contributed by atoms with Crippen LogP contribution < -0.4 is 26.2 Å². The van der Waals surface area contributed by atoms with Gasteiger partial charge in [-0.15, -0.1) is 0 Å². The Bertz CT molecular complexity index is 8710. The third-order valence-corrected chi connectivity index (χ3v) is 24.6. The van der Waals surface area contributed by atoms with Crippen molar-refractivity contribution in [1.82, 2.24) is 0 Å². The molecule has 0 aromatic heterocycles. The predicted molar refractivity (Wildman–Crippen MR) is 540 cm³/mol. The maximum Gasteiger partial charge on any atom is 0.252 e. The van der Waals surface area contributed by atoms with Crippen LogP contribution in [-0.2, 0) is 21.7 Å². The SMILES string of the molecule is Cc1cc2c3c(c1)N(c1ccc(C(C)(C)C)cc1)c1ccc(C(C)(C)C)cc1B3c1cc(C(C)(C)C)ccc1N2c1ccc(C(C)(C)C)cc1.[2H]c1c([2H])c([2H])c2c([2H])c(-c3c4c([2H])c([2H])c([2H])c([2H])c4c(-c4c([2H])c([2H])c([2H])c5c([2H])c([2H])c([2H])c([2H])c45)c4c([2H])c([2H])c([2H])c([2H])c34)c([2H])c([2H])c2c1[2H].c1ccc2cc(-c3ccc(-c4c5ccccc5c(-c5cccc6ccccc56)c5ccccc45)cc3)ccc2c1. The Labute approximate surface area is 762 Å². The summed E-state index contributed by atoms with van der Waals surface area (Å²) in [5.41, 5.74) is 23.5. The van der Waals surface area contributed by atoms with Gasteiger partial charge in [0, 0.05) is 34.1 Å². The number of aryl methyl sites for hydroxylation is 1. The summed E-state index contributed by atoms with van der Waals surface area (Å²) < 4.78 is 193. The molecule has 0 bridgehead atoms. The van der Waals surface area contributed by atoms with Gasteiger partial charge in [-0.2, -0.15) is 0 Å². The Hall–Kier alpha value is -13.9. The predicted octanol–water partition coefficient (Wildman–Crippen LogP) is 32.2. The lowest BCUT2D eigenvalue weighted by Gasteiger charge is -2.45. The summed E-state index contributed by atoms with van der Waals surface area (Å²) >= 11 is 0. The Kier molecular flexibility index (Phi) is 14.3. The second-order valence-electron chi connectivity index (χ2n) is 36.7. The van der Waals surface area contributed by atoms with Gasteiger partial charge in [0.1, 0.15) is 0 Å². The van der Waals surface area contributed by atoms with Crippen molar-refractivity contribution in [3.63, 3.8) is 0 Å². The van der Waals surface area contributed by atoms with Gasteiger partial charge in [-0.05, 0) is 275 Å². The van der Waals surface area contributed by atoms with E-state index in [4.69, 9.17) is 23.3 Å². The minimum absolute atomic E-state index is 0.0240. The average Bonchev–Trinajstić information content (AvgIpc) is 0.680. The number of hydrogen-bond acceptors (Lipinski definition) is 2. The zero-order chi connectivity index (χ0) is 104.